The van der Waals surface area contributed by atoms with Gasteiger partial charge in [-0.25, -0.2) is 4.79 Å². The lowest BCUT2D eigenvalue weighted by Gasteiger charge is -2.31. The number of nitrogens with one attached hydrogen (secondary N) is 2. The van der Waals surface area contributed by atoms with Crippen molar-refractivity contribution in [3.63, 3.8) is 0 Å². The van der Waals surface area contributed by atoms with Crippen molar-refractivity contribution in [3.05, 3.63) is 101 Å². The monoisotopic (exact) mass is 632 g/mol. The summed E-state index contributed by atoms with van der Waals surface area (Å²) < 4.78 is 32.6. The van der Waals surface area contributed by atoms with Gasteiger partial charge in [0.25, 0.3) is 5.91 Å². The first-order chi connectivity index (χ1) is 19.5. The zero-order valence-electron chi connectivity index (χ0n) is 21.7. The second-order valence-corrected chi connectivity index (χ2v) is 9.77. The third-order valence-electron chi connectivity index (χ3n) is 5.98. The van der Waals surface area contributed by atoms with Gasteiger partial charge in [-0.3, -0.25) is 9.59 Å². The predicted octanol–water partition coefficient (Wildman–Crippen LogP) is 5.66. The fraction of sp³-hybridized carbons (Fsp3) is 0.207. The van der Waals surface area contributed by atoms with Crippen LogP contribution in [-0.4, -0.2) is 52.0 Å². The molecule has 0 saturated heterocycles. The van der Waals surface area contributed by atoms with Gasteiger partial charge in [0.2, 0.25) is 5.91 Å². The number of benzene rings is 3. The van der Waals surface area contributed by atoms with Crippen molar-refractivity contribution in [3.8, 4) is 0 Å². The number of halogens is 4. The van der Waals surface area contributed by atoms with E-state index in [1.165, 1.54) is 0 Å². The zero-order chi connectivity index (χ0) is 30.0. The number of nitrogens with two attached hydrogens (primary N) is 1. The first-order valence-corrected chi connectivity index (χ1v) is 13.3. The van der Waals surface area contributed by atoms with E-state index in [4.69, 9.17) is 15.6 Å². The van der Waals surface area contributed by atoms with Crippen LogP contribution in [0.2, 0.25) is 0 Å². The number of hydrogen-bond donors (Lipinski definition) is 4. The molecule has 0 aliphatic rings. The van der Waals surface area contributed by atoms with E-state index < -0.39 is 18.2 Å². The number of aromatic nitrogens is 1. The van der Waals surface area contributed by atoms with Gasteiger partial charge in [0.05, 0.1) is 0 Å². The van der Waals surface area contributed by atoms with E-state index in [9.17, 15) is 22.8 Å². The molecule has 4 rings (SSSR count). The largest absolute Gasteiger partial charge is 0.490 e. The Morgan fingerprint density at radius 2 is 1.66 bits per heavy atom. The fourth-order valence-corrected chi connectivity index (χ4v) is 4.54. The number of hydrogen-bond acceptors (Lipinski definition) is 4. The van der Waals surface area contributed by atoms with Crippen molar-refractivity contribution in [2.24, 2.45) is 5.73 Å². The smallest absolute Gasteiger partial charge is 0.475 e. The number of aromatic amines is 1. The normalized spacial score (nSPS) is 11.7. The number of rotatable bonds is 9. The Morgan fingerprint density at radius 3 is 2.29 bits per heavy atom. The second kappa shape index (κ2) is 14.5. The average Bonchev–Trinajstić information content (AvgIpc) is 3.34. The Hall–Kier alpha value is -4.16. The summed E-state index contributed by atoms with van der Waals surface area (Å²) in [4.78, 5) is 40.7. The summed E-state index contributed by atoms with van der Waals surface area (Å²) in [6, 6.07) is 24.0. The summed E-state index contributed by atoms with van der Waals surface area (Å²) in [5.74, 6) is -3.18. The predicted molar refractivity (Wildman–Crippen MR) is 153 cm³/mol. The van der Waals surface area contributed by atoms with Crippen molar-refractivity contribution in [1.82, 2.24) is 9.88 Å². The van der Waals surface area contributed by atoms with Crippen LogP contribution >= 0.6 is 15.9 Å². The van der Waals surface area contributed by atoms with E-state index in [0.717, 1.165) is 26.5 Å². The molecule has 3 aromatic carbocycles. The molecule has 8 nitrogen and oxygen atoms in total. The first kappa shape index (κ1) is 31.4. The van der Waals surface area contributed by atoms with Crippen LogP contribution in [0, 0.1) is 0 Å². The topological polar surface area (TPSA) is 129 Å². The molecule has 0 aliphatic carbocycles. The lowest BCUT2D eigenvalue weighted by molar-refractivity contribution is -0.192. The molecule has 0 saturated carbocycles. The van der Waals surface area contributed by atoms with Crippen LogP contribution in [0.4, 0.5) is 18.9 Å². The number of fused-ring (bicyclic) bond motifs is 1. The van der Waals surface area contributed by atoms with Gasteiger partial charge in [0.1, 0.15) is 6.04 Å². The number of anilines is 1. The van der Waals surface area contributed by atoms with E-state index >= 15 is 0 Å². The molecule has 4 aromatic rings. The Kier molecular flexibility index (Phi) is 11.1. The zero-order valence-corrected chi connectivity index (χ0v) is 23.3. The molecule has 0 fully saturated rings. The molecule has 1 unspecified atom stereocenters. The maximum Gasteiger partial charge on any atom is 0.490 e. The molecular formula is C29H28BrF3N4O4. The highest BCUT2D eigenvalue weighted by molar-refractivity contribution is 9.10. The number of carboxylic acid groups (broad SMARTS) is 1. The highest BCUT2D eigenvalue weighted by atomic mass is 79.9. The quantitative estimate of drug-likeness (QED) is 0.189. The van der Waals surface area contributed by atoms with Crippen LogP contribution < -0.4 is 11.1 Å². The summed E-state index contributed by atoms with van der Waals surface area (Å²) >= 11 is 3.50. The second-order valence-electron chi connectivity index (χ2n) is 8.85. The molecule has 1 heterocycles. The highest BCUT2D eigenvalue weighted by Gasteiger charge is 2.38. The number of carbonyl (C=O) groups is 3. The molecule has 1 atom stereocenters. The molecule has 0 aliphatic heterocycles. The molecule has 0 bridgehead atoms. The molecular weight excluding hydrogens is 605 g/mol. The number of H-pyrrole nitrogens is 1. The average molecular weight is 633 g/mol. The van der Waals surface area contributed by atoms with E-state index in [1.807, 2.05) is 79.0 Å². The maximum absolute atomic E-state index is 13.6. The summed E-state index contributed by atoms with van der Waals surface area (Å²) in [7, 11) is 0. The Morgan fingerprint density at radius 1 is 1.00 bits per heavy atom. The van der Waals surface area contributed by atoms with Crippen LogP contribution in [0.3, 0.4) is 0 Å². The van der Waals surface area contributed by atoms with Gasteiger partial charge in [-0.1, -0.05) is 64.5 Å². The summed E-state index contributed by atoms with van der Waals surface area (Å²) in [5.41, 5.74) is 9.28. The van der Waals surface area contributed by atoms with E-state index in [0.29, 0.717) is 18.7 Å². The summed E-state index contributed by atoms with van der Waals surface area (Å²) in [6.07, 6.45) is -2.35. The van der Waals surface area contributed by atoms with Gasteiger partial charge in [0.15, 0.2) is 0 Å². The summed E-state index contributed by atoms with van der Waals surface area (Å²) in [6.45, 7) is 0.591. The molecule has 0 radical (unpaired) electrons. The number of para-hydroxylation sites is 2. The Balaban J connectivity index is 0.000000587. The molecule has 1 aromatic heterocycles. The van der Waals surface area contributed by atoms with E-state index in [2.05, 4.69) is 32.3 Å². The highest BCUT2D eigenvalue weighted by Crippen LogP contribution is 2.28. The maximum atomic E-state index is 13.6. The van der Waals surface area contributed by atoms with E-state index in [-0.39, 0.29) is 24.8 Å². The van der Waals surface area contributed by atoms with Crippen molar-refractivity contribution in [2.45, 2.75) is 25.1 Å². The van der Waals surface area contributed by atoms with Crippen LogP contribution in [0.5, 0.6) is 0 Å². The number of carbonyl (C=O) groups excluding carboxylic acids is 2. The van der Waals surface area contributed by atoms with Gasteiger partial charge < -0.3 is 26.0 Å². The van der Waals surface area contributed by atoms with Crippen LogP contribution in [0.1, 0.15) is 23.6 Å². The van der Waals surface area contributed by atoms with Crippen LogP contribution in [-0.2, 0) is 20.8 Å². The van der Waals surface area contributed by atoms with Crippen molar-refractivity contribution in [1.29, 1.82) is 0 Å². The van der Waals surface area contributed by atoms with Gasteiger partial charge in [-0.15, -0.1) is 0 Å². The minimum atomic E-state index is -5.08. The summed E-state index contributed by atoms with van der Waals surface area (Å²) in [5, 5.41) is 11.2. The fourth-order valence-electron chi connectivity index (χ4n) is 4.13. The molecule has 12 heteroatoms. The Labute approximate surface area is 242 Å². The van der Waals surface area contributed by atoms with E-state index in [1.54, 1.807) is 4.90 Å². The van der Waals surface area contributed by atoms with Gasteiger partial charge in [-0.05, 0) is 47.9 Å². The number of carboxylic acids is 1. The molecule has 41 heavy (non-hydrogen) atoms. The lowest BCUT2D eigenvalue weighted by atomic mass is 10.0. The standard InChI is InChI=1S/C27H27BrN4O2.C2HF3O2/c28-21-8-6-7-19(17-21)26(27(34)31-22-9-2-1-3-10-22)32(25(33)13-15-29)16-14-20-18-30-24-12-5-4-11-23(20)24;3-2(4,5)1(6)7/h1-12,17-18,26,30H,13-16,29H2,(H,31,34);(H,6,7). The third kappa shape index (κ3) is 8.92. The Bertz CT molecular complexity index is 1480. The number of aliphatic carboxylic acids is 1. The molecule has 0 spiro atoms. The number of alkyl halides is 3. The number of amides is 2. The van der Waals surface area contributed by atoms with Crippen molar-refractivity contribution >= 4 is 50.3 Å². The molecule has 5 N–H and O–H groups in total. The third-order valence-corrected chi connectivity index (χ3v) is 6.48. The molecule has 2 amide bonds. The van der Waals surface area contributed by atoms with Gasteiger partial charge in [-0.2, -0.15) is 13.2 Å². The SMILES string of the molecule is NCCC(=O)N(CCc1c[nH]c2ccccc12)C(C(=O)Nc1ccccc1)c1cccc(Br)c1.O=C(O)C(F)(F)F. The minimum absolute atomic E-state index is 0.157. The minimum Gasteiger partial charge on any atom is -0.475 e. The first-order valence-electron chi connectivity index (χ1n) is 12.5. The number of nitrogens with zero attached hydrogens (tertiary/aromatic N) is 1. The lowest BCUT2D eigenvalue weighted by Crippen LogP contribution is -2.43. The van der Waals surface area contributed by atoms with Gasteiger partial charge >= 0.3 is 12.1 Å². The van der Waals surface area contributed by atoms with Crippen molar-refractivity contribution in [2.75, 3.05) is 18.4 Å². The van der Waals surface area contributed by atoms with Crippen molar-refractivity contribution < 1.29 is 32.7 Å². The van der Waals surface area contributed by atoms with Crippen LogP contribution in [0.15, 0.2) is 89.5 Å². The van der Waals surface area contributed by atoms with Gasteiger partial charge in [0, 0.05) is 46.8 Å². The van der Waals surface area contributed by atoms with Crippen LogP contribution in [0.25, 0.3) is 10.9 Å². The molecule has 216 valence electrons.